The number of ether oxygens (including phenoxy) is 1. The Morgan fingerprint density at radius 1 is 1.50 bits per heavy atom. The molecule has 1 rings (SSSR count). The fraction of sp³-hybridized carbons (Fsp3) is 0.125. The van der Waals surface area contributed by atoms with Crippen LogP contribution < -0.4 is 4.74 Å². The SMILES string of the molecule is COc1c(F)c(Cl)cc(C(=O)O)c1F. The molecule has 0 unspecified atom stereocenters. The molecule has 0 heterocycles. The molecule has 1 aromatic rings. The predicted octanol–water partition coefficient (Wildman–Crippen LogP) is 2.32. The number of hydrogen-bond acceptors (Lipinski definition) is 2. The van der Waals surface area contributed by atoms with Crippen LogP contribution in [0.5, 0.6) is 5.75 Å². The van der Waals surface area contributed by atoms with Crippen LogP contribution in [0.1, 0.15) is 10.4 Å². The lowest BCUT2D eigenvalue weighted by Crippen LogP contribution is -2.04. The van der Waals surface area contributed by atoms with Crippen molar-refractivity contribution in [1.82, 2.24) is 0 Å². The van der Waals surface area contributed by atoms with E-state index in [1.165, 1.54) is 0 Å². The summed E-state index contributed by atoms with van der Waals surface area (Å²) in [6, 6.07) is 0.692. The molecule has 0 saturated heterocycles. The van der Waals surface area contributed by atoms with Gasteiger partial charge in [0.1, 0.15) is 5.56 Å². The number of aromatic carboxylic acids is 1. The molecule has 0 fully saturated rings. The van der Waals surface area contributed by atoms with Crippen molar-refractivity contribution in [3.05, 3.63) is 28.3 Å². The van der Waals surface area contributed by atoms with Crippen LogP contribution in [-0.4, -0.2) is 18.2 Å². The maximum Gasteiger partial charge on any atom is 0.338 e. The highest BCUT2D eigenvalue weighted by molar-refractivity contribution is 6.31. The molecule has 0 aliphatic rings. The highest BCUT2D eigenvalue weighted by Crippen LogP contribution is 2.30. The summed E-state index contributed by atoms with van der Waals surface area (Å²) < 4.78 is 30.5. The standard InChI is InChI=1S/C8H5ClF2O3/c1-14-7-5(10)3(8(12)13)2-4(9)6(7)11/h2H,1H3,(H,12,13). The van der Waals surface area contributed by atoms with E-state index in [-0.39, 0.29) is 0 Å². The molecule has 0 aliphatic carbocycles. The van der Waals surface area contributed by atoms with Crippen LogP contribution in [0.4, 0.5) is 8.78 Å². The van der Waals surface area contributed by atoms with Gasteiger partial charge in [0.25, 0.3) is 0 Å². The Morgan fingerprint density at radius 2 is 2.07 bits per heavy atom. The van der Waals surface area contributed by atoms with Gasteiger partial charge in [0.2, 0.25) is 0 Å². The van der Waals surface area contributed by atoms with Crippen LogP contribution in [-0.2, 0) is 0 Å². The first-order valence-corrected chi connectivity index (χ1v) is 3.81. The number of carbonyl (C=O) groups is 1. The Labute approximate surface area is 82.9 Å². The predicted molar refractivity (Wildman–Crippen MR) is 44.9 cm³/mol. The van der Waals surface area contributed by atoms with E-state index in [1.807, 2.05) is 0 Å². The molecule has 1 N–H and O–H groups in total. The fourth-order valence-electron chi connectivity index (χ4n) is 0.915. The van der Waals surface area contributed by atoms with Gasteiger partial charge in [-0.3, -0.25) is 0 Å². The van der Waals surface area contributed by atoms with Gasteiger partial charge in [-0.25, -0.2) is 13.6 Å². The zero-order valence-corrected chi connectivity index (χ0v) is 7.73. The molecule has 0 spiro atoms. The van der Waals surface area contributed by atoms with Gasteiger partial charge in [-0.05, 0) is 6.07 Å². The molecule has 0 aliphatic heterocycles. The number of carboxylic acids is 1. The molecule has 0 radical (unpaired) electrons. The highest BCUT2D eigenvalue weighted by atomic mass is 35.5. The number of methoxy groups -OCH3 is 1. The lowest BCUT2D eigenvalue weighted by Gasteiger charge is -2.06. The molecule has 14 heavy (non-hydrogen) atoms. The minimum atomic E-state index is -1.54. The van der Waals surface area contributed by atoms with Crippen LogP contribution >= 0.6 is 11.6 Å². The Bertz CT molecular complexity index is 393. The summed E-state index contributed by atoms with van der Waals surface area (Å²) in [5.41, 5.74) is -0.728. The maximum absolute atomic E-state index is 13.2. The van der Waals surface area contributed by atoms with Crippen LogP contribution in [0, 0.1) is 11.6 Å². The molecule has 1 aromatic carbocycles. The maximum atomic E-state index is 13.2. The lowest BCUT2D eigenvalue weighted by molar-refractivity contribution is 0.0691. The van der Waals surface area contributed by atoms with Gasteiger partial charge >= 0.3 is 5.97 Å². The molecule has 0 amide bonds. The molecular formula is C8H5ClF2O3. The van der Waals surface area contributed by atoms with Crippen molar-refractivity contribution in [3.8, 4) is 5.75 Å². The van der Waals surface area contributed by atoms with Crippen molar-refractivity contribution in [2.24, 2.45) is 0 Å². The first-order valence-electron chi connectivity index (χ1n) is 3.43. The first kappa shape index (κ1) is 10.7. The van der Waals surface area contributed by atoms with Crippen molar-refractivity contribution in [2.45, 2.75) is 0 Å². The zero-order chi connectivity index (χ0) is 10.9. The van der Waals surface area contributed by atoms with Crippen molar-refractivity contribution in [1.29, 1.82) is 0 Å². The number of carboxylic acid groups (broad SMARTS) is 1. The summed E-state index contributed by atoms with van der Waals surface area (Å²) in [5, 5.41) is 8.02. The molecule has 0 atom stereocenters. The number of hydrogen-bond donors (Lipinski definition) is 1. The average Bonchev–Trinajstić information content (AvgIpc) is 2.12. The minimum Gasteiger partial charge on any atom is -0.491 e. The van der Waals surface area contributed by atoms with Gasteiger partial charge < -0.3 is 9.84 Å². The third kappa shape index (κ3) is 1.63. The smallest absolute Gasteiger partial charge is 0.338 e. The van der Waals surface area contributed by atoms with Gasteiger partial charge in [-0.15, -0.1) is 0 Å². The van der Waals surface area contributed by atoms with Gasteiger partial charge in [-0.2, -0.15) is 0 Å². The van der Waals surface area contributed by atoms with Crippen LogP contribution in [0.2, 0.25) is 5.02 Å². The minimum absolute atomic E-state index is 0.499. The van der Waals surface area contributed by atoms with Crippen LogP contribution in [0.15, 0.2) is 6.07 Å². The van der Waals surface area contributed by atoms with E-state index in [0.29, 0.717) is 6.07 Å². The van der Waals surface area contributed by atoms with Crippen molar-refractivity contribution in [2.75, 3.05) is 7.11 Å². The van der Waals surface area contributed by atoms with E-state index in [9.17, 15) is 13.6 Å². The summed E-state index contributed by atoms with van der Waals surface area (Å²) in [4.78, 5) is 10.5. The van der Waals surface area contributed by atoms with E-state index in [1.54, 1.807) is 0 Å². The molecule has 0 aromatic heterocycles. The second-order valence-electron chi connectivity index (χ2n) is 2.37. The second kappa shape index (κ2) is 3.79. The molecular weight excluding hydrogens is 218 g/mol. The van der Waals surface area contributed by atoms with Gasteiger partial charge in [0, 0.05) is 0 Å². The molecule has 76 valence electrons. The van der Waals surface area contributed by atoms with Crippen molar-refractivity contribution >= 4 is 17.6 Å². The third-order valence-electron chi connectivity index (χ3n) is 1.55. The van der Waals surface area contributed by atoms with Gasteiger partial charge in [0.05, 0.1) is 12.1 Å². The first-order chi connectivity index (χ1) is 6.49. The van der Waals surface area contributed by atoms with Crippen LogP contribution in [0.3, 0.4) is 0 Å². The molecule has 0 saturated carbocycles. The summed E-state index contributed by atoms with van der Waals surface area (Å²) in [6.07, 6.45) is 0. The van der Waals surface area contributed by atoms with E-state index < -0.39 is 33.9 Å². The highest BCUT2D eigenvalue weighted by Gasteiger charge is 2.21. The number of rotatable bonds is 2. The number of benzene rings is 1. The zero-order valence-electron chi connectivity index (χ0n) is 6.97. The number of halogens is 3. The van der Waals surface area contributed by atoms with E-state index in [2.05, 4.69) is 4.74 Å². The summed E-state index contributed by atoms with van der Waals surface area (Å²) in [5.74, 6) is -4.73. The van der Waals surface area contributed by atoms with E-state index >= 15 is 0 Å². The Morgan fingerprint density at radius 3 is 2.50 bits per heavy atom. The summed E-state index contributed by atoms with van der Waals surface area (Å²) >= 11 is 5.33. The summed E-state index contributed by atoms with van der Waals surface area (Å²) in [6.45, 7) is 0. The Hall–Kier alpha value is -1.36. The van der Waals surface area contributed by atoms with Gasteiger partial charge in [0.15, 0.2) is 17.4 Å². The Balaban J connectivity index is 3.50. The average molecular weight is 223 g/mol. The monoisotopic (exact) mass is 222 g/mol. The molecule has 0 bridgehead atoms. The second-order valence-corrected chi connectivity index (χ2v) is 2.78. The third-order valence-corrected chi connectivity index (χ3v) is 1.83. The van der Waals surface area contributed by atoms with Crippen LogP contribution in [0.25, 0.3) is 0 Å². The van der Waals surface area contributed by atoms with E-state index in [4.69, 9.17) is 16.7 Å². The topological polar surface area (TPSA) is 46.5 Å². The molecule has 3 nitrogen and oxygen atoms in total. The quantitative estimate of drug-likeness (QED) is 0.782. The lowest BCUT2D eigenvalue weighted by atomic mass is 10.2. The van der Waals surface area contributed by atoms with Gasteiger partial charge in [-0.1, -0.05) is 11.6 Å². The normalized spacial score (nSPS) is 10.0. The van der Waals surface area contributed by atoms with Crippen molar-refractivity contribution in [3.63, 3.8) is 0 Å². The van der Waals surface area contributed by atoms with E-state index in [0.717, 1.165) is 7.11 Å². The largest absolute Gasteiger partial charge is 0.491 e. The summed E-state index contributed by atoms with van der Waals surface area (Å²) in [7, 11) is 1.02. The molecule has 6 heteroatoms. The van der Waals surface area contributed by atoms with Crippen molar-refractivity contribution < 1.29 is 23.4 Å². The fourth-order valence-corrected chi connectivity index (χ4v) is 1.11. The Kier molecular flexibility index (Phi) is 2.90.